The van der Waals surface area contributed by atoms with E-state index in [9.17, 15) is 13.2 Å². The molecule has 2 rings (SSSR count). The van der Waals surface area contributed by atoms with Crippen molar-refractivity contribution in [2.24, 2.45) is 0 Å². The monoisotopic (exact) mass is 394 g/mol. The van der Waals surface area contributed by atoms with Crippen LogP contribution in [0.25, 0.3) is 0 Å². The summed E-state index contributed by atoms with van der Waals surface area (Å²) in [5, 5.41) is 3.28. The van der Waals surface area contributed by atoms with E-state index >= 15 is 0 Å². The van der Waals surface area contributed by atoms with Crippen LogP contribution in [0.15, 0.2) is 42.5 Å². The van der Waals surface area contributed by atoms with Gasteiger partial charge in [-0.15, -0.1) is 0 Å². The summed E-state index contributed by atoms with van der Waals surface area (Å²) in [4.78, 5) is 12.5. The minimum Gasteiger partial charge on any atom is -0.324 e. The van der Waals surface area contributed by atoms with Crippen molar-refractivity contribution < 1.29 is 13.2 Å². The van der Waals surface area contributed by atoms with Crippen molar-refractivity contribution in [1.82, 2.24) is 0 Å². The zero-order chi connectivity index (χ0) is 19.5. The van der Waals surface area contributed by atoms with Gasteiger partial charge in [0, 0.05) is 10.7 Å². The summed E-state index contributed by atoms with van der Waals surface area (Å²) in [6.45, 7) is 5.44. The van der Waals surface area contributed by atoms with Gasteiger partial charge in [0.2, 0.25) is 15.9 Å². The zero-order valence-corrected chi connectivity index (χ0v) is 16.9. The van der Waals surface area contributed by atoms with Gasteiger partial charge in [-0.3, -0.25) is 9.10 Å². The van der Waals surface area contributed by atoms with Crippen molar-refractivity contribution in [2.45, 2.75) is 26.7 Å². The van der Waals surface area contributed by atoms with Gasteiger partial charge in [-0.05, 0) is 42.2 Å². The van der Waals surface area contributed by atoms with Crippen molar-refractivity contribution in [3.05, 3.63) is 58.6 Å². The normalized spacial score (nSPS) is 11.5. The molecule has 2 aromatic rings. The first-order chi connectivity index (χ1) is 12.1. The van der Waals surface area contributed by atoms with Crippen molar-refractivity contribution in [3.63, 3.8) is 0 Å². The second kappa shape index (κ2) is 8.10. The van der Waals surface area contributed by atoms with E-state index in [2.05, 4.69) is 5.32 Å². The molecule has 5 nitrogen and oxygen atoms in total. The fourth-order valence-electron chi connectivity index (χ4n) is 2.65. The second-order valence-electron chi connectivity index (χ2n) is 6.44. The molecule has 2 aromatic carbocycles. The van der Waals surface area contributed by atoms with E-state index in [-0.39, 0.29) is 12.5 Å². The molecule has 0 spiro atoms. The summed E-state index contributed by atoms with van der Waals surface area (Å²) in [7, 11) is -3.63. The van der Waals surface area contributed by atoms with Crippen LogP contribution in [0.1, 0.15) is 30.9 Å². The first kappa shape index (κ1) is 20.3. The Hall–Kier alpha value is -2.05. The summed E-state index contributed by atoms with van der Waals surface area (Å²) < 4.78 is 25.8. The number of nitrogens with one attached hydrogen (secondary N) is 1. The molecule has 0 aliphatic carbocycles. The van der Waals surface area contributed by atoms with Gasteiger partial charge in [-0.1, -0.05) is 49.7 Å². The Labute approximate surface area is 160 Å². The van der Waals surface area contributed by atoms with Crippen LogP contribution >= 0.6 is 11.6 Å². The second-order valence-corrected chi connectivity index (χ2v) is 8.76. The van der Waals surface area contributed by atoms with Gasteiger partial charge in [-0.25, -0.2) is 8.42 Å². The molecule has 0 saturated heterocycles. The largest absolute Gasteiger partial charge is 0.324 e. The van der Waals surface area contributed by atoms with Gasteiger partial charge in [0.1, 0.15) is 6.54 Å². The summed E-state index contributed by atoms with van der Waals surface area (Å²) in [6.07, 6.45) is 1.10. The molecule has 0 radical (unpaired) electrons. The van der Waals surface area contributed by atoms with Gasteiger partial charge in [0.15, 0.2) is 0 Å². The van der Waals surface area contributed by atoms with Crippen molar-refractivity contribution in [1.29, 1.82) is 0 Å². The number of rotatable bonds is 6. The molecular weight excluding hydrogens is 372 g/mol. The first-order valence-corrected chi connectivity index (χ1v) is 10.5. The molecular formula is C19H23ClN2O3S. The predicted molar refractivity (Wildman–Crippen MR) is 108 cm³/mol. The standard InChI is InChI=1S/C19H23ClN2O3S/c1-13(2)15-8-5-6-11-18(15)22(26(4,24)25)12-19(23)21-17-10-7-9-16(20)14(17)3/h5-11,13H,12H2,1-4H3,(H,21,23). The Morgan fingerprint density at radius 2 is 1.81 bits per heavy atom. The Morgan fingerprint density at radius 1 is 1.15 bits per heavy atom. The molecule has 1 N–H and O–H groups in total. The van der Waals surface area contributed by atoms with Crippen molar-refractivity contribution >= 4 is 38.9 Å². The highest BCUT2D eigenvalue weighted by Gasteiger charge is 2.24. The maximum Gasteiger partial charge on any atom is 0.245 e. The maximum absolute atomic E-state index is 12.5. The summed E-state index contributed by atoms with van der Waals surface area (Å²) in [5.41, 5.74) is 2.68. The Kier molecular flexibility index (Phi) is 6.31. The highest BCUT2D eigenvalue weighted by Crippen LogP contribution is 2.29. The smallest absolute Gasteiger partial charge is 0.245 e. The van der Waals surface area contributed by atoms with Gasteiger partial charge >= 0.3 is 0 Å². The van der Waals surface area contributed by atoms with Gasteiger partial charge < -0.3 is 5.32 Å². The molecule has 0 aromatic heterocycles. The molecule has 140 valence electrons. The number of hydrogen-bond acceptors (Lipinski definition) is 3. The number of halogens is 1. The molecule has 7 heteroatoms. The number of nitrogens with zero attached hydrogens (tertiary/aromatic N) is 1. The number of anilines is 2. The molecule has 0 aliphatic rings. The third-order valence-electron chi connectivity index (χ3n) is 4.06. The molecule has 1 amide bonds. The fraction of sp³-hybridized carbons (Fsp3) is 0.316. The SMILES string of the molecule is Cc1c(Cl)cccc1NC(=O)CN(c1ccccc1C(C)C)S(C)(=O)=O. The van der Waals surface area contributed by atoms with Gasteiger partial charge in [0.05, 0.1) is 11.9 Å². The number of hydrogen-bond donors (Lipinski definition) is 1. The average Bonchev–Trinajstić information content (AvgIpc) is 2.56. The number of benzene rings is 2. The number of sulfonamides is 1. The highest BCUT2D eigenvalue weighted by molar-refractivity contribution is 7.92. The van der Waals surface area contributed by atoms with Crippen LogP contribution in [0.5, 0.6) is 0 Å². The lowest BCUT2D eigenvalue weighted by molar-refractivity contribution is -0.114. The molecule has 0 saturated carbocycles. The van der Waals surface area contributed by atoms with Crippen LogP contribution in [0.4, 0.5) is 11.4 Å². The van der Waals surface area contributed by atoms with E-state index in [0.29, 0.717) is 16.4 Å². The van der Waals surface area contributed by atoms with Gasteiger partial charge in [0.25, 0.3) is 0 Å². The molecule has 0 atom stereocenters. The number of carbonyl (C=O) groups excluding carboxylic acids is 1. The molecule has 0 fully saturated rings. The highest BCUT2D eigenvalue weighted by atomic mass is 35.5. The summed E-state index contributed by atoms with van der Waals surface area (Å²) in [6, 6.07) is 12.4. The van der Waals surface area contributed by atoms with E-state index < -0.39 is 15.9 Å². The first-order valence-electron chi connectivity index (χ1n) is 8.23. The number of para-hydroxylation sites is 1. The van der Waals surface area contributed by atoms with E-state index in [0.717, 1.165) is 21.7 Å². The number of amides is 1. The minimum atomic E-state index is -3.63. The third kappa shape index (κ3) is 4.77. The topological polar surface area (TPSA) is 66.5 Å². The summed E-state index contributed by atoms with van der Waals surface area (Å²) in [5.74, 6) is -0.312. The molecule has 26 heavy (non-hydrogen) atoms. The average molecular weight is 395 g/mol. The lowest BCUT2D eigenvalue weighted by Crippen LogP contribution is -2.38. The van der Waals surface area contributed by atoms with Gasteiger partial charge in [-0.2, -0.15) is 0 Å². The maximum atomic E-state index is 12.5. The Bertz CT molecular complexity index is 911. The van der Waals surface area contributed by atoms with Crippen molar-refractivity contribution in [3.8, 4) is 0 Å². The lowest BCUT2D eigenvalue weighted by Gasteiger charge is -2.25. The zero-order valence-electron chi connectivity index (χ0n) is 15.3. The van der Waals surface area contributed by atoms with Crippen LogP contribution in [0, 0.1) is 6.92 Å². The van der Waals surface area contributed by atoms with Crippen LogP contribution < -0.4 is 9.62 Å². The quantitative estimate of drug-likeness (QED) is 0.799. The molecule has 0 heterocycles. The Balaban J connectivity index is 2.33. The van der Waals surface area contributed by atoms with E-state index in [1.807, 2.05) is 26.0 Å². The van der Waals surface area contributed by atoms with E-state index in [1.165, 1.54) is 0 Å². The minimum absolute atomic E-state index is 0.119. The fourth-order valence-corrected chi connectivity index (χ4v) is 3.70. The lowest BCUT2D eigenvalue weighted by atomic mass is 10.0. The molecule has 0 bridgehead atoms. The van der Waals surface area contributed by atoms with Crippen LogP contribution in [-0.2, 0) is 14.8 Å². The predicted octanol–water partition coefficient (Wildman–Crippen LogP) is 4.18. The van der Waals surface area contributed by atoms with E-state index in [1.54, 1.807) is 37.3 Å². The van der Waals surface area contributed by atoms with Crippen LogP contribution in [-0.4, -0.2) is 27.1 Å². The molecule has 0 unspecified atom stereocenters. The van der Waals surface area contributed by atoms with Crippen molar-refractivity contribution in [2.75, 3.05) is 22.4 Å². The third-order valence-corrected chi connectivity index (χ3v) is 5.59. The van der Waals surface area contributed by atoms with Crippen LogP contribution in [0.3, 0.4) is 0 Å². The molecule has 0 aliphatic heterocycles. The Morgan fingerprint density at radius 3 is 2.42 bits per heavy atom. The summed E-state index contributed by atoms with van der Waals surface area (Å²) >= 11 is 6.07. The van der Waals surface area contributed by atoms with Crippen LogP contribution in [0.2, 0.25) is 5.02 Å². The number of carbonyl (C=O) groups is 1. The van der Waals surface area contributed by atoms with E-state index in [4.69, 9.17) is 11.6 Å².